The molecule has 0 aliphatic carbocycles. The molecule has 8 heteroatoms. The van der Waals surface area contributed by atoms with E-state index in [1.807, 2.05) is 13.8 Å². The zero-order chi connectivity index (χ0) is 22.4. The number of ether oxygens (including phenoxy) is 1. The van der Waals surface area contributed by atoms with E-state index in [0.29, 0.717) is 41.2 Å². The quantitative estimate of drug-likeness (QED) is 0.653. The number of carbonyl (C=O) groups excluding carboxylic acids is 3. The van der Waals surface area contributed by atoms with Gasteiger partial charge in [-0.1, -0.05) is 31.5 Å². The maximum atomic E-state index is 12.4. The van der Waals surface area contributed by atoms with E-state index >= 15 is 0 Å². The van der Waals surface area contributed by atoms with Gasteiger partial charge in [-0.3, -0.25) is 14.4 Å². The van der Waals surface area contributed by atoms with Gasteiger partial charge in [0.05, 0.1) is 5.92 Å². The number of carbonyl (C=O) groups is 3. The maximum absolute atomic E-state index is 12.4. The lowest BCUT2D eigenvalue weighted by atomic mass is 10.1. The molecule has 1 atom stereocenters. The maximum Gasteiger partial charge on any atom is 0.262 e. The molecule has 7 nitrogen and oxygen atoms in total. The number of halogens is 1. The van der Waals surface area contributed by atoms with Crippen LogP contribution in [0, 0.1) is 11.8 Å². The summed E-state index contributed by atoms with van der Waals surface area (Å²) in [5.74, 6) is 0.0308. The van der Waals surface area contributed by atoms with Gasteiger partial charge < -0.3 is 20.3 Å². The normalized spacial score (nSPS) is 15.8. The number of rotatable bonds is 8. The molecule has 0 radical (unpaired) electrons. The van der Waals surface area contributed by atoms with Crippen LogP contribution in [0.5, 0.6) is 5.75 Å². The number of benzene rings is 2. The van der Waals surface area contributed by atoms with Crippen molar-refractivity contribution in [1.29, 1.82) is 0 Å². The summed E-state index contributed by atoms with van der Waals surface area (Å²) in [6.07, 6.45) is 0.200. The molecule has 31 heavy (non-hydrogen) atoms. The van der Waals surface area contributed by atoms with Crippen molar-refractivity contribution < 1.29 is 19.1 Å². The van der Waals surface area contributed by atoms with Gasteiger partial charge in [0.1, 0.15) is 5.75 Å². The minimum Gasteiger partial charge on any atom is -0.484 e. The highest BCUT2D eigenvalue weighted by Gasteiger charge is 2.35. The molecule has 3 amide bonds. The van der Waals surface area contributed by atoms with Gasteiger partial charge in [0, 0.05) is 35.9 Å². The highest BCUT2D eigenvalue weighted by atomic mass is 35.5. The molecule has 2 aromatic carbocycles. The average molecular weight is 444 g/mol. The lowest BCUT2D eigenvalue weighted by Gasteiger charge is -2.17. The average Bonchev–Trinajstić information content (AvgIpc) is 3.12. The van der Waals surface area contributed by atoms with Crippen LogP contribution in [0.25, 0.3) is 0 Å². The molecule has 0 bridgehead atoms. The van der Waals surface area contributed by atoms with E-state index in [4.69, 9.17) is 16.3 Å². The highest BCUT2D eigenvalue weighted by molar-refractivity contribution is 6.30. The van der Waals surface area contributed by atoms with Crippen molar-refractivity contribution in [3.05, 3.63) is 53.6 Å². The first-order chi connectivity index (χ1) is 14.8. The van der Waals surface area contributed by atoms with Gasteiger partial charge in [-0.15, -0.1) is 0 Å². The Hall–Kier alpha value is -3.06. The van der Waals surface area contributed by atoms with Crippen LogP contribution < -0.4 is 20.3 Å². The molecule has 1 saturated heterocycles. The van der Waals surface area contributed by atoms with Crippen LogP contribution in [-0.2, 0) is 14.4 Å². The second-order valence-corrected chi connectivity index (χ2v) is 8.32. The summed E-state index contributed by atoms with van der Waals surface area (Å²) in [6.45, 7) is 4.84. The minimum atomic E-state index is -0.350. The van der Waals surface area contributed by atoms with E-state index in [2.05, 4.69) is 10.6 Å². The summed E-state index contributed by atoms with van der Waals surface area (Å²) in [5, 5.41) is 6.13. The Balaban J connectivity index is 1.51. The monoisotopic (exact) mass is 443 g/mol. The van der Waals surface area contributed by atoms with Gasteiger partial charge in [0.15, 0.2) is 6.61 Å². The molecule has 0 unspecified atom stereocenters. The molecule has 164 valence electrons. The largest absolute Gasteiger partial charge is 0.484 e. The predicted octanol–water partition coefficient (Wildman–Crippen LogP) is 3.48. The molecule has 0 saturated carbocycles. The second kappa shape index (κ2) is 10.3. The van der Waals surface area contributed by atoms with Crippen molar-refractivity contribution in [3.8, 4) is 5.75 Å². The summed E-state index contributed by atoms with van der Waals surface area (Å²) in [4.78, 5) is 38.3. The molecule has 2 N–H and O–H groups in total. The molecule has 1 heterocycles. The number of hydrogen-bond acceptors (Lipinski definition) is 4. The van der Waals surface area contributed by atoms with Crippen molar-refractivity contribution >= 4 is 40.7 Å². The van der Waals surface area contributed by atoms with E-state index < -0.39 is 0 Å². The van der Waals surface area contributed by atoms with Crippen LogP contribution >= 0.6 is 11.6 Å². The lowest BCUT2D eigenvalue weighted by Crippen LogP contribution is -2.35. The van der Waals surface area contributed by atoms with Gasteiger partial charge in [-0.2, -0.15) is 0 Å². The lowest BCUT2D eigenvalue weighted by molar-refractivity contribution is -0.126. The van der Waals surface area contributed by atoms with Gasteiger partial charge in [-0.05, 0) is 48.4 Å². The molecular weight excluding hydrogens is 418 g/mol. The number of anilines is 2. The zero-order valence-electron chi connectivity index (χ0n) is 17.6. The Bertz CT molecular complexity index is 946. The van der Waals surface area contributed by atoms with Crippen LogP contribution in [0.3, 0.4) is 0 Å². The number of nitrogens with zero attached hydrogens (tertiary/aromatic N) is 1. The van der Waals surface area contributed by atoms with Crippen LogP contribution in [0.2, 0.25) is 5.02 Å². The fourth-order valence-electron chi connectivity index (χ4n) is 3.22. The molecule has 1 fully saturated rings. The first-order valence-electron chi connectivity index (χ1n) is 10.2. The third-order valence-corrected chi connectivity index (χ3v) is 5.04. The fourth-order valence-corrected chi connectivity index (χ4v) is 3.41. The standard InChI is InChI=1S/C23H26ClN3O4/c1-15(2)12-25-23(30)16-10-22(29)27(13-16)19-6-8-20(9-7-19)31-14-21(28)26-18-5-3-4-17(24)11-18/h3-9,11,15-16H,10,12-14H2,1-2H3,(H,25,30)(H,26,28)/t16-/m0/s1. The van der Waals surface area contributed by atoms with E-state index in [-0.39, 0.29) is 36.7 Å². The first kappa shape index (κ1) is 22.6. The van der Waals surface area contributed by atoms with E-state index in [0.717, 1.165) is 0 Å². The van der Waals surface area contributed by atoms with Crippen LogP contribution in [0.4, 0.5) is 11.4 Å². The topological polar surface area (TPSA) is 87.7 Å². The summed E-state index contributed by atoms with van der Waals surface area (Å²) < 4.78 is 5.52. The Morgan fingerprint density at radius 3 is 2.61 bits per heavy atom. The molecule has 3 rings (SSSR count). The Morgan fingerprint density at radius 1 is 1.19 bits per heavy atom. The van der Waals surface area contributed by atoms with Crippen molar-refractivity contribution in [1.82, 2.24) is 5.32 Å². The van der Waals surface area contributed by atoms with E-state index in [9.17, 15) is 14.4 Å². The number of nitrogens with one attached hydrogen (secondary N) is 2. The second-order valence-electron chi connectivity index (χ2n) is 7.89. The third kappa shape index (κ3) is 6.46. The van der Waals surface area contributed by atoms with Crippen molar-refractivity contribution in [3.63, 3.8) is 0 Å². The van der Waals surface area contributed by atoms with Crippen LogP contribution in [0.15, 0.2) is 48.5 Å². The van der Waals surface area contributed by atoms with E-state index in [1.54, 1.807) is 53.4 Å². The molecule has 1 aliphatic rings. The highest BCUT2D eigenvalue weighted by Crippen LogP contribution is 2.27. The number of hydrogen-bond donors (Lipinski definition) is 2. The summed E-state index contributed by atoms with van der Waals surface area (Å²) in [7, 11) is 0. The van der Waals surface area contributed by atoms with E-state index in [1.165, 1.54) is 0 Å². The Kier molecular flexibility index (Phi) is 7.52. The summed E-state index contributed by atoms with van der Waals surface area (Å²) in [5.41, 5.74) is 1.29. The fraction of sp³-hybridized carbons (Fsp3) is 0.348. The summed E-state index contributed by atoms with van der Waals surface area (Å²) in [6, 6.07) is 13.7. The Morgan fingerprint density at radius 2 is 1.94 bits per heavy atom. The van der Waals surface area contributed by atoms with Crippen LogP contribution in [-0.4, -0.2) is 37.4 Å². The molecule has 1 aliphatic heterocycles. The molecule has 0 spiro atoms. The molecular formula is C23H26ClN3O4. The number of amides is 3. The predicted molar refractivity (Wildman–Crippen MR) is 120 cm³/mol. The molecule has 0 aromatic heterocycles. The van der Waals surface area contributed by atoms with Crippen molar-refractivity contribution in [2.24, 2.45) is 11.8 Å². The SMILES string of the molecule is CC(C)CNC(=O)[C@H]1CC(=O)N(c2ccc(OCC(=O)Nc3cccc(Cl)c3)cc2)C1. The van der Waals surface area contributed by atoms with Crippen molar-refractivity contribution in [2.45, 2.75) is 20.3 Å². The smallest absolute Gasteiger partial charge is 0.262 e. The van der Waals surface area contributed by atoms with Gasteiger partial charge in [-0.25, -0.2) is 0 Å². The van der Waals surface area contributed by atoms with Gasteiger partial charge >= 0.3 is 0 Å². The minimum absolute atomic E-state index is 0.0840. The molecule has 2 aromatic rings. The van der Waals surface area contributed by atoms with Crippen molar-refractivity contribution in [2.75, 3.05) is 29.9 Å². The van der Waals surface area contributed by atoms with Gasteiger partial charge in [0.25, 0.3) is 5.91 Å². The van der Waals surface area contributed by atoms with Gasteiger partial charge in [0.2, 0.25) is 11.8 Å². The zero-order valence-corrected chi connectivity index (χ0v) is 18.3. The first-order valence-corrected chi connectivity index (χ1v) is 10.6. The Labute approximate surface area is 186 Å². The third-order valence-electron chi connectivity index (χ3n) is 4.81. The summed E-state index contributed by atoms with van der Waals surface area (Å²) >= 11 is 5.90. The van der Waals surface area contributed by atoms with Crippen LogP contribution in [0.1, 0.15) is 20.3 Å².